The van der Waals surface area contributed by atoms with Crippen LogP contribution < -0.4 is 10.1 Å². The molecule has 0 spiro atoms. The lowest BCUT2D eigenvalue weighted by molar-refractivity contribution is -0.167. The molecule has 5 heteroatoms. The molecule has 4 rings (SSSR count). The van der Waals surface area contributed by atoms with E-state index in [1.807, 2.05) is 51.2 Å². The molecule has 2 unspecified atom stereocenters. The molecule has 0 aliphatic carbocycles. The maximum Gasteiger partial charge on any atom is 0.132 e. The quantitative estimate of drug-likeness (QED) is 0.476. The minimum absolute atomic E-state index is 0.259. The van der Waals surface area contributed by atoms with Gasteiger partial charge < -0.3 is 19.5 Å². The molecular weight excluding hydrogens is 405 g/mol. The Bertz CT molecular complexity index is 1020. The zero-order valence-corrected chi connectivity index (χ0v) is 18.8. The third kappa shape index (κ3) is 5.12. The van der Waals surface area contributed by atoms with E-state index < -0.39 is 5.60 Å². The number of benzene rings is 3. The third-order valence-electron chi connectivity index (χ3n) is 5.81. The Morgan fingerprint density at radius 1 is 0.938 bits per heavy atom. The molecule has 0 bridgehead atoms. The van der Waals surface area contributed by atoms with E-state index in [9.17, 15) is 4.39 Å². The first-order valence-corrected chi connectivity index (χ1v) is 11.0. The van der Waals surface area contributed by atoms with Gasteiger partial charge in [0.1, 0.15) is 29.4 Å². The number of anilines is 1. The van der Waals surface area contributed by atoms with E-state index in [0.29, 0.717) is 13.2 Å². The lowest BCUT2D eigenvalue weighted by Crippen LogP contribution is -2.51. The summed E-state index contributed by atoms with van der Waals surface area (Å²) < 4.78 is 32.5. The normalized spacial score (nSPS) is 19.1. The smallest absolute Gasteiger partial charge is 0.132 e. The van der Waals surface area contributed by atoms with E-state index >= 15 is 0 Å². The summed E-state index contributed by atoms with van der Waals surface area (Å²) in [6, 6.07) is 22.7. The summed E-state index contributed by atoms with van der Waals surface area (Å²) >= 11 is 0. The molecule has 1 aliphatic rings. The molecular formula is C27H30FNO3. The van der Waals surface area contributed by atoms with Crippen LogP contribution in [-0.2, 0) is 22.5 Å². The van der Waals surface area contributed by atoms with Crippen LogP contribution in [0.2, 0.25) is 0 Å². The predicted molar refractivity (Wildman–Crippen MR) is 125 cm³/mol. The second kappa shape index (κ2) is 9.72. The summed E-state index contributed by atoms with van der Waals surface area (Å²) in [5.41, 5.74) is 3.48. The molecule has 4 nitrogen and oxygen atoms in total. The van der Waals surface area contributed by atoms with Gasteiger partial charge in [0.05, 0.1) is 13.2 Å². The standard InChI is InChI=1S/C27H30FNO3/c1-27(2)26(31-18-20-9-11-21(28)12-10-20)25(30-16-15-19-7-5-4-6-8-19)23-17-22(29-3)13-14-24(23)32-27/h4-14,17,25-26,29H,15-16,18H2,1-3H3. The van der Waals surface area contributed by atoms with E-state index in [2.05, 4.69) is 23.5 Å². The highest BCUT2D eigenvalue weighted by molar-refractivity contribution is 5.53. The number of ether oxygens (including phenoxy) is 3. The summed E-state index contributed by atoms with van der Waals surface area (Å²) in [7, 11) is 1.89. The van der Waals surface area contributed by atoms with Crippen LogP contribution in [0.25, 0.3) is 0 Å². The van der Waals surface area contributed by atoms with Crippen LogP contribution in [0.15, 0.2) is 72.8 Å². The Morgan fingerprint density at radius 2 is 1.69 bits per heavy atom. The Balaban J connectivity index is 1.58. The van der Waals surface area contributed by atoms with Gasteiger partial charge in [0, 0.05) is 18.3 Å². The average Bonchev–Trinajstić information content (AvgIpc) is 2.79. The second-order valence-electron chi connectivity index (χ2n) is 8.59. The van der Waals surface area contributed by atoms with Gasteiger partial charge in [-0.15, -0.1) is 0 Å². The molecule has 32 heavy (non-hydrogen) atoms. The Kier molecular flexibility index (Phi) is 6.77. The van der Waals surface area contributed by atoms with Crippen LogP contribution in [0.4, 0.5) is 10.1 Å². The van der Waals surface area contributed by atoms with Crippen molar-refractivity contribution >= 4 is 5.69 Å². The van der Waals surface area contributed by atoms with Crippen LogP contribution in [0.3, 0.4) is 0 Å². The number of hydrogen-bond donors (Lipinski definition) is 1. The summed E-state index contributed by atoms with van der Waals surface area (Å²) in [5.74, 6) is 0.547. The summed E-state index contributed by atoms with van der Waals surface area (Å²) in [6.07, 6.45) is 0.166. The second-order valence-corrected chi connectivity index (χ2v) is 8.59. The van der Waals surface area contributed by atoms with Gasteiger partial charge in [-0.05, 0) is 61.7 Å². The van der Waals surface area contributed by atoms with Crippen molar-refractivity contribution in [3.8, 4) is 5.75 Å². The number of fused-ring (bicyclic) bond motifs is 1. The SMILES string of the molecule is CNc1ccc2c(c1)C(OCCc1ccccc1)C(OCc1ccc(F)cc1)C(C)(C)O2. The van der Waals surface area contributed by atoms with Crippen molar-refractivity contribution < 1.29 is 18.6 Å². The molecule has 0 aromatic heterocycles. The van der Waals surface area contributed by atoms with Gasteiger partial charge in [0.25, 0.3) is 0 Å². The molecule has 0 saturated carbocycles. The van der Waals surface area contributed by atoms with Crippen LogP contribution in [0.1, 0.15) is 36.6 Å². The lowest BCUT2D eigenvalue weighted by Gasteiger charge is -2.44. The fraction of sp³-hybridized carbons (Fsp3) is 0.333. The highest BCUT2D eigenvalue weighted by atomic mass is 19.1. The third-order valence-corrected chi connectivity index (χ3v) is 5.81. The Morgan fingerprint density at radius 3 is 2.41 bits per heavy atom. The molecule has 3 aromatic rings. The first kappa shape index (κ1) is 22.3. The van der Waals surface area contributed by atoms with Crippen molar-refractivity contribution in [3.63, 3.8) is 0 Å². The van der Waals surface area contributed by atoms with Gasteiger partial charge >= 0.3 is 0 Å². The largest absolute Gasteiger partial charge is 0.485 e. The van der Waals surface area contributed by atoms with E-state index in [4.69, 9.17) is 14.2 Å². The van der Waals surface area contributed by atoms with Crippen LogP contribution in [0, 0.1) is 5.82 Å². The molecule has 0 fully saturated rings. The maximum atomic E-state index is 13.3. The first-order valence-electron chi connectivity index (χ1n) is 11.0. The lowest BCUT2D eigenvalue weighted by atomic mass is 9.87. The zero-order chi connectivity index (χ0) is 22.6. The number of rotatable bonds is 8. The molecule has 0 amide bonds. The Hall–Kier alpha value is -2.89. The van der Waals surface area contributed by atoms with Gasteiger partial charge in [-0.2, -0.15) is 0 Å². The molecule has 168 valence electrons. The molecule has 1 heterocycles. The topological polar surface area (TPSA) is 39.7 Å². The van der Waals surface area contributed by atoms with Gasteiger partial charge in [0.2, 0.25) is 0 Å². The van der Waals surface area contributed by atoms with Crippen molar-refractivity contribution in [2.75, 3.05) is 19.0 Å². The number of nitrogens with one attached hydrogen (secondary N) is 1. The van der Waals surface area contributed by atoms with Gasteiger partial charge in [-0.3, -0.25) is 0 Å². The molecule has 1 aliphatic heterocycles. The molecule has 3 aromatic carbocycles. The minimum atomic E-state index is -0.606. The van der Waals surface area contributed by atoms with E-state index in [-0.39, 0.29) is 18.0 Å². The van der Waals surface area contributed by atoms with Crippen molar-refractivity contribution in [1.82, 2.24) is 0 Å². The predicted octanol–water partition coefficient (Wildman–Crippen LogP) is 5.92. The molecule has 2 atom stereocenters. The first-order chi connectivity index (χ1) is 15.5. The summed E-state index contributed by atoms with van der Waals surface area (Å²) in [4.78, 5) is 0. The molecule has 1 N–H and O–H groups in total. The van der Waals surface area contributed by atoms with E-state index in [1.165, 1.54) is 17.7 Å². The fourth-order valence-corrected chi connectivity index (χ4v) is 4.07. The van der Waals surface area contributed by atoms with Crippen LogP contribution in [0.5, 0.6) is 5.75 Å². The van der Waals surface area contributed by atoms with Gasteiger partial charge in [0.15, 0.2) is 0 Å². The van der Waals surface area contributed by atoms with Gasteiger partial charge in [-0.25, -0.2) is 4.39 Å². The molecule has 0 saturated heterocycles. The van der Waals surface area contributed by atoms with Crippen molar-refractivity contribution in [2.45, 2.75) is 44.7 Å². The van der Waals surface area contributed by atoms with Crippen LogP contribution >= 0.6 is 0 Å². The van der Waals surface area contributed by atoms with Crippen molar-refractivity contribution in [1.29, 1.82) is 0 Å². The highest BCUT2D eigenvalue weighted by Gasteiger charge is 2.45. The van der Waals surface area contributed by atoms with E-state index in [1.54, 1.807) is 12.1 Å². The minimum Gasteiger partial charge on any atom is -0.485 e. The van der Waals surface area contributed by atoms with Crippen molar-refractivity contribution in [2.24, 2.45) is 0 Å². The zero-order valence-electron chi connectivity index (χ0n) is 18.8. The average molecular weight is 436 g/mol. The monoisotopic (exact) mass is 435 g/mol. The molecule has 0 radical (unpaired) electrons. The highest BCUT2D eigenvalue weighted by Crippen LogP contribution is 2.44. The number of hydrogen-bond acceptors (Lipinski definition) is 4. The fourth-order valence-electron chi connectivity index (χ4n) is 4.07. The van der Waals surface area contributed by atoms with Gasteiger partial charge in [-0.1, -0.05) is 42.5 Å². The Labute approximate surface area is 189 Å². The van der Waals surface area contributed by atoms with Crippen LogP contribution in [-0.4, -0.2) is 25.4 Å². The number of halogens is 1. The summed E-state index contributed by atoms with van der Waals surface area (Å²) in [6.45, 7) is 4.94. The maximum absolute atomic E-state index is 13.3. The van der Waals surface area contributed by atoms with E-state index in [0.717, 1.165) is 29.0 Å². The van der Waals surface area contributed by atoms with Crippen molar-refractivity contribution in [3.05, 3.63) is 95.3 Å². The summed E-state index contributed by atoms with van der Waals surface area (Å²) in [5, 5.41) is 3.19.